The molecular formula is C11H15N4+. The van der Waals surface area contributed by atoms with Crippen LogP contribution in [0.3, 0.4) is 0 Å². The van der Waals surface area contributed by atoms with E-state index in [4.69, 9.17) is 10.5 Å². The molecule has 1 aromatic heterocycles. The molecule has 0 aliphatic heterocycles. The number of hydrogen-bond donors (Lipinski definition) is 0. The summed E-state index contributed by atoms with van der Waals surface area (Å²) in [5, 5.41) is 17.1. The van der Waals surface area contributed by atoms with Crippen molar-refractivity contribution in [2.24, 2.45) is 0 Å². The Morgan fingerprint density at radius 3 is 2.67 bits per heavy atom. The molecule has 0 saturated heterocycles. The smallest absolute Gasteiger partial charge is 0.233 e. The summed E-state index contributed by atoms with van der Waals surface area (Å²) in [5.41, 5.74) is 0. The second-order valence-electron chi connectivity index (χ2n) is 3.27. The molecule has 0 aromatic carbocycles. The second kappa shape index (κ2) is 5.82. The van der Waals surface area contributed by atoms with Crippen LogP contribution in [0.2, 0.25) is 0 Å². The molecule has 0 fully saturated rings. The molecule has 0 atom stereocenters. The average molecular weight is 203 g/mol. The molecule has 4 heteroatoms. The van der Waals surface area contributed by atoms with Crippen molar-refractivity contribution in [1.29, 1.82) is 10.5 Å². The summed E-state index contributed by atoms with van der Waals surface area (Å²) >= 11 is 0. The topological polar surface area (TPSA) is 56.4 Å². The van der Waals surface area contributed by atoms with Gasteiger partial charge in [-0.3, -0.25) is 0 Å². The lowest BCUT2D eigenvalue weighted by Gasteiger charge is -1.99. The fourth-order valence-corrected chi connectivity index (χ4v) is 1.65. The maximum Gasteiger partial charge on any atom is 0.256 e. The quantitative estimate of drug-likeness (QED) is 0.674. The van der Waals surface area contributed by atoms with Gasteiger partial charge in [-0.25, -0.2) is 9.13 Å². The molecule has 1 aromatic rings. The Balaban J connectivity index is 2.77. The van der Waals surface area contributed by atoms with Gasteiger partial charge in [0, 0.05) is 6.42 Å². The van der Waals surface area contributed by atoms with Crippen molar-refractivity contribution in [3.63, 3.8) is 0 Å². The molecule has 1 heterocycles. The van der Waals surface area contributed by atoms with Crippen LogP contribution >= 0.6 is 0 Å². The van der Waals surface area contributed by atoms with E-state index in [2.05, 4.69) is 28.2 Å². The first-order chi connectivity index (χ1) is 7.33. The summed E-state index contributed by atoms with van der Waals surface area (Å²) in [4.78, 5) is 0. The fourth-order valence-electron chi connectivity index (χ4n) is 1.65. The fraction of sp³-hybridized carbons (Fsp3) is 0.545. The summed E-state index contributed by atoms with van der Waals surface area (Å²) in [6.45, 7) is 3.56. The maximum absolute atomic E-state index is 8.53. The summed E-state index contributed by atoms with van der Waals surface area (Å²) in [6, 6.07) is 4.27. The van der Waals surface area contributed by atoms with Gasteiger partial charge in [-0.2, -0.15) is 10.5 Å². The zero-order valence-electron chi connectivity index (χ0n) is 8.98. The number of aryl methyl sites for hydroxylation is 2. The normalized spacial score (nSPS) is 9.53. The van der Waals surface area contributed by atoms with E-state index in [1.54, 1.807) is 0 Å². The van der Waals surface area contributed by atoms with Gasteiger partial charge in [-0.15, -0.1) is 0 Å². The zero-order chi connectivity index (χ0) is 11.1. The lowest BCUT2D eigenvalue weighted by molar-refractivity contribution is -0.702. The van der Waals surface area contributed by atoms with Crippen molar-refractivity contribution in [3.8, 4) is 12.1 Å². The molecule has 0 N–H and O–H groups in total. The van der Waals surface area contributed by atoms with Crippen LogP contribution in [0.1, 0.15) is 25.6 Å². The van der Waals surface area contributed by atoms with Gasteiger partial charge in [0.2, 0.25) is 0 Å². The van der Waals surface area contributed by atoms with Gasteiger partial charge in [-0.05, 0) is 0 Å². The van der Waals surface area contributed by atoms with Crippen LogP contribution in [0, 0.1) is 22.7 Å². The van der Waals surface area contributed by atoms with Gasteiger partial charge in [0.25, 0.3) is 5.82 Å². The van der Waals surface area contributed by atoms with E-state index >= 15 is 0 Å². The van der Waals surface area contributed by atoms with Gasteiger partial charge >= 0.3 is 0 Å². The highest BCUT2D eigenvalue weighted by Crippen LogP contribution is 1.99. The van der Waals surface area contributed by atoms with Crippen LogP contribution in [0.5, 0.6) is 0 Å². The van der Waals surface area contributed by atoms with Gasteiger partial charge in [0.05, 0.1) is 25.0 Å². The van der Waals surface area contributed by atoms with Gasteiger partial charge < -0.3 is 0 Å². The molecule has 15 heavy (non-hydrogen) atoms. The first-order valence-corrected chi connectivity index (χ1v) is 5.14. The molecule has 1 rings (SSSR count). The maximum atomic E-state index is 8.53. The third-order valence-corrected chi connectivity index (χ3v) is 2.33. The summed E-state index contributed by atoms with van der Waals surface area (Å²) < 4.78 is 4.17. The highest BCUT2D eigenvalue weighted by Gasteiger charge is 2.13. The Kier molecular flexibility index (Phi) is 4.37. The minimum Gasteiger partial charge on any atom is -0.233 e. The van der Waals surface area contributed by atoms with Crippen LogP contribution in [0.4, 0.5) is 0 Å². The lowest BCUT2D eigenvalue weighted by Crippen LogP contribution is -2.36. The first-order valence-electron chi connectivity index (χ1n) is 5.14. The average Bonchev–Trinajstić information content (AvgIpc) is 2.65. The number of rotatable bonds is 5. The molecule has 0 saturated carbocycles. The highest BCUT2D eigenvalue weighted by atomic mass is 15.1. The Morgan fingerprint density at radius 1 is 1.33 bits per heavy atom. The molecule has 0 aliphatic rings. The number of hydrogen-bond acceptors (Lipinski definition) is 2. The van der Waals surface area contributed by atoms with E-state index in [1.165, 1.54) is 5.82 Å². The molecule has 0 unspecified atom stereocenters. The Hall–Kier alpha value is -1.81. The van der Waals surface area contributed by atoms with Crippen molar-refractivity contribution >= 4 is 0 Å². The van der Waals surface area contributed by atoms with Crippen LogP contribution in [-0.4, -0.2) is 4.57 Å². The van der Waals surface area contributed by atoms with Gasteiger partial charge in [0.1, 0.15) is 25.5 Å². The Bertz CT molecular complexity index is 356. The van der Waals surface area contributed by atoms with Gasteiger partial charge in [-0.1, -0.05) is 6.92 Å². The second-order valence-corrected chi connectivity index (χ2v) is 3.27. The standard InChI is InChI=1S/C11H15N4/c1-2-11-14(7-3-5-12)9-10-15(11)8-4-6-13/h9-10H,2-4,7-8H2,1H3/q+1. The molecule has 0 amide bonds. The molecular weight excluding hydrogens is 188 g/mol. The molecule has 0 radical (unpaired) electrons. The van der Waals surface area contributed by atoms with Crippen molar-refractivity contribution < 1.29 is 4.57 Å². The summed E-state index contributed by atoms with van der Waals surface area (Å²) in [7, 11) is 0. The summed E-state index contributed by atoms with van der Waals surface area (Å²) in [5.74, 6) is 1.18. The zero-order valence-corrected chi connectivity index (χ0v) is 8.98. The van der Waals surface area contributed by atoms with Crippen LogP contribution in [0.15, 0.2) is 12.4 Å². The van der Waals surface area contributed by atoms with E-state index in [9.17, 15) is 0 Å². The Labute approximate surface area is 90.0 Å². The van der Waals surface area contributed by atoms with Crippen molar-refractivity contribution in [1.82, 2.24) is 4.57 Å². The summed E-state index contributed by atoms with van der Waals surface area (Å²) in [6.07, 6.45) is 5.94. The number of aromatic nitrogens is 2. The van der Waals surface area contributed by atoms with Crippen LogP contribution in [-0.2, 0) is 19.5 Å². The predicted molar refractivity (Wildman–Crippen MR) is 54.5 cm³/mol. The first kappa shape index (κ1) is 11.3. The lowest BCUT2D eigenvalue weighted by atomic mass is 10.4. The number of nitrogens with zero attached hydrogens (tertiary/aromatic N) is 4. The number of imidazole rings is 1. The SMILES string of the molecule is CCc1n(CCC#N)cc[n+]1CCC#N. The van der Waals surface area contributed by atoms with Crippen molar-refractivity contribution in [3.05, 3.63) is 18.2 Å². The van der Waals surface area contributed by atoms with Crippen LogP contribution < -0.4 is 4.57 Å². The van der Waals surface area contributed by atoms with Crippen LogP contribution in [0.25, 0.3) is 0 Å². The predicted octanol–water partition coefficient (Wildman–Crippen LogP) is 1.17. The molecule has 4 nitrogen and oxygen atoms in total. The minimum absolute atomic E-state index is 0.528. The highest BCUT2D eigenvalue weighted by molar-refractivity contribution is 4.85. The van der Waals surface area contributed by atoms with E-state index in [0.29, 0.717) is 12.8 Å². The molecule has 0 aliphatic carbocycles. The van der Waals surface area contributed by atoms with E-state index in [0.717, 1.165) is 19.5 Å². The van der Waals surface area contributed by atoms with E-state index in [-0.39, 0.29) is 0 Å². The molecule has 0 bridgehead atoms. The van der Waals surface area contributed by atoms with Crippen molar-refractivity contribution in [2.75, 3.05) is 0 Å². The minimum atomic E-state index is 0.528. The number of nitriles is 2. The van der Waals surface area contributed by atoms with Gasteiger partial charge in [0.15, 0.2) is 0 Å². The monoisotopic (exact) mass is 203 g/mol. The third-order valence-electron chi connectivity index (χ3n) is 2.33. The molecule has 0 spiro atoms. The largest absolute Gasteiger partial charge is 0.256 e. The van der Waals surface area contributed by atoms with E-state index < -0.39 is 0 Å². The Morgan fingerprint density at radius 2 is 2.07 bits per heavy atom. The van der Waals surface area contributed by atoms with E-state index in [1.807, 2.05) is 12.4 Å². The third kappa shape index (κ3) is 2.82. The molecule has 78 valence electrons. The van der Waals surface area contributed by atoms with Crippen molar-refractivity contribution in [2.45, 2.75) is 39.3 Å².